The number of nitro benzene ring substituents is 1. The Bertz CT molecular complexity index is 872. The predicted molar refractivity (Wildman–Crippen MR) is 84.3 cm³/mol. The Morgan fingerprint density at radius 3 is 2.61 bits per heavy atom. The van der Waals surface area contributed by atoms with Gasteiger partial charge in [0.1, 0.15) is 0 Å². The van der Waals surface area contributed by atoms with Crippen molar-refractivity contribution in [2.75, 3.05) is 11.8 Å². The van der Waals surface area contributed by atoms with Gasteiger partial charge in [0.15, 0.2) is 0 Å². The van der Waals surface area contributed by atoms with Crippen LogP contribution in [-0.4, -0.2) is 26.4 Å². The lowest BCUT2D eigenvalue weighted by Gasteiger charge is -2.09. The van der Waals surface area contributed by atoms with Crippen LogP contribution in [0.1, 0.15) is 15.9 Å². The van der Waals surface area contributed by atoms with Crippen molar-refractivity contribution in [3.05, 3.63) is 50.2 Å². The smallest absolute Gasteiger partial charge is 0.340 e. The first-order valence-corrected chi connectivity index (χ1v) is 8.61. The number of esters is 1. The average Bonchev–Trinajstić information content (AvgIpc) is 2.93. The molecule has 0 unspecified atom stereocenters. The number of nitrogens with one attached hydrogen (secondary N) is 1. The normalized spacial score (nSPS) is 11.0. The van der Waals surface area contributed by atoms with Gasteiger partial charge in [0, 0.05) is 22.4 Å². The third-order valence-corrected chi connectivity index (χ3v) is 5.09. The predicted octanol–water partition coefficient (Wildman–Crippen LogP) is 2.55. The van der Waals surface area contributed by atoms with E-state index in [0.717, 1.165) is 23.5 Å². The lowest BCUT2D eigenvalue weighted by molar-refractivity contribution is -0.385. The number of ether oxygens (including phenoxy) is 1. The fourth-order valence-electron chi connectivity index (χ4n) is 1.85. The molecule has 0 aliphatic carbocycles. The highest BCUT2D eigenvalue weighted by Gasteiger charge is 2.22. The van der Waals surface area contributed by atoms with Crippen molar-refractivity contribution in [2.45, 2.75) is 11.8 Å². The van der Waals surface area contributed by atoms with Gasteiger partial charge in [-0.25, -0.2) is 13.2 Å². The minimum Gasteiger partial charge on any atom is -0.465 e. The van der Waals surface area contributed by atoms with Gasteiger partial charge >= 0.3 is 5.97 Å². The van der Waals surface area contributed by atoms with Gasteiger partial charge in [-0.15, -0.1) is 11.3 Å². The number of nitro groups is 1. The number of hydrogen-bond donors (Lipinski definition) is 1. The Hall–Kier alpha value is -2.46. The summed E-state index contributed by atoms with van der Waals surface area (Å²) in [5, 5.41) is 13.7. The Labute approximate surface area is 135 Å². The van der Waals surface area contributed by atoms with E-state index in [1.807, 2.05) is 0 Å². The first-order chi connectivity index (χ1) is 10.8. The van der Waals surface area contributed by atoms with E-state index in [-0.39, 0.29) is 27.4 Å². The second-order valence-electron chi connectivity index (χ2n) is 4.50. The van der Waals surface area contributed by atoms with Crippen LogP contribution < -0.4 is 4.72 Å². The van der Waals surface area contributed by atoms with Crippen molar-refractivity contribution in [1.29, 1.82) is 0 Å². The van der Waals surface area contributed by atoms with Gasteiger partial charge in [-0.3, -0.25) is 14.8 Å². The molecule has 1 heterocycles. The van der Waals surface area contributed by atoms with E-state index in [1.54, 1.807) is 0 Å². The Balaban J connectivity index is 2.37. The largest absolute Gasteiger partial charge is 0.465 e. The SMILES string of the molecule is COC(=O)c1cscc1NS(=O)(=O)c1ccc([N+](=O)[O-])c(C)c1. The molecule has 0 bridgehead atoms. The molecule has 0 fully saturated rings. The molecule has 8 nitrogen and oxygen atoms in total. The van der Waals surface area contributed by atoms with Crippen molar-refractivity contribution in [2.24, 2.45) is 0 Å². The molecule has 0 saturated heterocycles. The summed E-state index contributed by atoms with van der Waals surface area (Å²) in [5.41, 5.74) is 0.240. The zero-order valence-corrected chi connectivity index (χ0v) is 13.7. The summed E-state index contributed by atoms with van der Waals surface area (Å²) in [6.45, 7) is 1.45. The summed E-state index contributed by atoms with van der Waals surface area (Å²) >= 11 is 1.14. The number of methoxy groups -OCH3 is 1. The molecule has 2 rings (SSSR count). The molecule has 0 saturated carbocycles. The van der Waals surface area contributed by atoms with Gasteiger partial charge in [-0.1, -0.05) is 0 Å². The minimum absolute atomic E-state index is 0.0952. The number of carbonyl (C=O) groups is 1. The zero-order chi connectivity index (χ0) is 17.2. The fraction of sp³-hybridized carbons (Fsp3) is 0.154. The molecule has 1 aromatic carbocycles. The topological polar surface area (TPSA) is 116 Å². The number of hydrogen-bond acceptors (Lipinski definition) is 7. The van der Waals surface area contributed by atoms with Crippen LogP contribution >= 0.6 is 11.3 Å². The standard InChI is InChI=1S/C13H12N2O6S2/c1-8-5-9(3-4-12(8)15(17)18)23(19,20)14-11-7-22-6-10(11)13(16)21-2/h3-7,14H,1-2H3. The molecule has 0 atom stereocenters. The summed E-state index contributed by atoms with van der Waals surface area (Å²) in [6.07, 6.45) is 0. The molecule has 2 aromatic rings. The van der Waals surface area contributed by atoms with E-state index in [2.05, 4.69) is 9.46 Å². The van der Waals surface area contributed by atoms with Crippen LogP contribution in [0, 0.1) is 17.0 Å². The van der Waals surface area contributed by atoms with Crippen LogP contribution in [0.5, 0.6) is 0 Å². The summed E-state index contributed by atoms with van der Waals surface area (Å²) in [6, 6.07) is 3.46. The minimum atomic E-state index is -3.99. The van der Waals surface area contributed by atoms with E-state index in [4.69, 9.17) is 0 Å². The highest BCUT2D eigenvalue weighted by atomic mass is 32.2. The van der Waals surface area contributed by atoms with Gasteiger partial charge < -0.3 is 4.74 Å². The number of rotatable bonds is 5. The number of nitrogens with zero attached hydrogens (tertiary/aromatic N) is 1. The maximum Gasteiger partial charge on any atom is 0.340 e. The summed E-state index contributed by atoms with van der Waals surface area (Å²) in [7, 11) is -2.79. The molecule has 0 spiro atoms. The molecule has 1 N–H and O–H groups in total. The third-order valence-electron chi connectivity index (χ3n) is 2.99. The summed E-state index contributed by atoms with van der Waals surface area (Å²) < 4.78 is 31.6. The maximum atomic E-state index is 12.4. The Morgan fingerprint density at radius 2 is 2.04 bits per heavy atom. The Kier molecular flexibility index (Phi) is 4.66. The van der Waals surface area contributed by atoms with Crippen molar-refractivity contribution < 1.29 is 22.9 Å². The molecule has 122 valence electrons. The van der Waals surface area contributed by atoms with E-state index >= 15 is 0 Å². The molecule has 0 radical (unpaired) electrons. The van der Waals surface area contributed by atoms with Crippen LogP contribution in [0.4, 0.5) is 11.4 Å². The maximum absolute atomic E-state index is 12.4. The van der Waals surface area contributed by atoms with Gasteiger partial charge in [-0.2, -0.15) is 0 Å². The molecule has 1 aromatic heterocycles. The van der Waals surface area contributed by atoms with Crippen LogP contribution in [0.3, 0.4) is 0 Å². The van der Waals surface area contributed by atoms with Crippen molar-refractivity contribution in [3.8, 4) is 0 Å². The van der Waals surface area contributed by atoms with E-state index in [1.165, 1.54) is 30.9 Å². The van der Waals surface area contributed by atoms with Crippen LogP contribution in [0.15, 0.2) is 33.9 Å². The van der Waals surface area contributed by atoms with Crippen molar-refractivity contribution in [1.82, 2.24) is 0 Å². The first kappa shape index (κ1) is 16.9. The quantitative estimate of drug-likeness (QED) is 0.500. The van der Waals surface area contributed by atoms with Crippen LogP contribution in [-0.2, 0) is 14.8 Å². The molecule has 0 aliphatic heterocycles. The monoisotopic (exact) mass is 356 g/mol. The number of benzene rings is 1. The second kappa shape index (κ2) is 6.34. The number of aryl methyl sites for hydroxylation is 1. The lowest BCUT2D eigenvalue weighted by Crippen LogP contribution is -2.15. The third kappa shape index (κ3) is 3.48. The molecular weight excluding hydrogens is 344 g/mol. The zero-order valence-electron chi connectivity index (χ0n) is 12.1. The Morgan fingerprint density at radius 1 is 1.35 bits per heavy atom. The summed E-state index contributed by atoms with van der Waals surface area (Å²) in [4.78, 5) is 21.6. The second-order valence-corrected chi connectivity index (χ2v) is 6.93. The van der Waals surface area contributed by atoms with Gasteiger partial charge in [0.2, 0.25) is 0 Å². The van der Waals surface area contributed by atoms with Crippen molar-refractivity contribution >= 4 is 38.7 Å². The van der Waals surface area contributed by atoms with Crippen molar-refractivity contribution in [3.63, 3.8) is 0 Å². The lowest BCUT2D eigenvalue weighted by atomic mass is 10.2. The van der Waals surface area contributed by atoms with Gasteiger partial charge in [-0.05, 0) is 19.1 Å². The van der Waals surface area contributed by atoms with E-state index in [9.17, 15) is 23.3 Å². The molecule has 0 aliphatic rings. The molecular formula is C13H12N2O6S2. The number of thiophene rings is 1. The van der Waals surface area contributed by atoms with Crippen LogP contribution in [0.25, 0.3) is 0 Å². The van der Waals surface area contributed by atoms with Gasteiger partial charge in [0.25, 0.3) is 15.7 Å². The van der Waals surface area contributed by atoms with Crippen LogP contribution in [0.2, 0.25) is 0 Å². The number of sulfonamides is 1. The first-order valence-electron chi connectivity index (χ1n) is 6.18. The van der Waals surface area contributed by atoms with E-state index < -0.39 is 20.9 Å². The highest BCUT2D eigenvalue weighted by molar-refractivity contribution is 7.92. The average molecular weight is 356 g/mol. The fourth-order valence-corrected chi connectivity index (χ4v) is 3.83. The summed E-state index contributed by atoms with van der Waals surface area (Å²) in [5.74, 6) is -0.663. The number of carbonyl (C=O) groups excluding carboxylic acids is 1. The van der Waals surface area contributed by atoms with Gasteiger partial charge in [0.05, 0.1) is 28.2 Å². The highest BCUT2D eigenvalue weighted by Crippen LogP contribution is 2.27. The molecule has 0 amide bonds. The molecule has 23 heavy (non-hydrogen) atoms. The molecule has 10 heteroatoms. The number of anilines is 1. The van der Waals surface area contributed by atoms with E-state index in [0.29, 0.717) is 0 Å².